The Morgan fingerprint density at radius 1 is 0.357 bits per heavy atom. The molecule has 0 heterocycles. The fourth-order valence-corrected chi connectivity index (χ4v) is 3.58. The molecule has 0 bridgehead atoms. The van der Waals surface area contributed by atoms with E-state index in [1.807, 2.05) is 0 Å². The van der Waals surface area contributed by atoms with Crippen molar-refractivity contribution in [3.8, 4) is 22.3 Å². The summed E-state index contributed by atoms with van der Waals surface area (Å²) >= 11 is 6.96. The molecule has 0 aliphatic rings. The molecular weight excluding hydrogens is 472 g/mol. The normalized spacial score (nSPS) is 11.1. The van der Waals surface area contributed by atoms with E-state index in [2.05, 4.69) is 141 Å². The van der Waals surface area contributed by atoms with Gasteiger partial charge in [0.15, 0.2) is 0 Å². The van der Waals surface area contributed by atoms with E-state index in [1.54, 1.807) is 0 Å². The van der Waals surface area contributed by atoms with Crippen LogP contribution in [0.2, 0.25) is 0 Å². The SMILES string of the molecule is Brc1ccc(-c2ccc(C=Cc3ccc(-c4ccc(Br)cc4)cc3)cc2)cc1. The van der Waals surface area contributed by atoms with Gasteiger partial charge < -0.3 is 0 Å². The van der Waals surface area contributed by atoms with Gasteiger partial charge in [-0.2, -0.15) is 0 Å². The standard InChI is InChI=1S/C26H18Br2/c27-25-15-11-23(12-16-25)21-7-3-19(4-8-21)1-2-20-5-9-22(10-6-20)24-13-17-26(28)18-14-24/h1-18H. The zero-order chi connectivity index (χ0) is 19.3. The molecule has 0 aliphatic carbocycles. The molecule has 136 valence electrons. The van der Waals surface area contributed by atoms with Crippen molar-refractivity contribution in [2.45, 2.75) is 0 Å². The van der Waals surface area contributed by atoms with E-state index < -0.39 is 0 Å². The second kappa shape index (κ2) is 8.72. The Bertz CT molecular complexity index is 982. The molecule has 0 fully saturated rings. The van der Waals surface area contributed by atoms with Gasteiger partial charge in [-0.05, 0) is 57.6 Å². The van der Waals surface area contributed by atoms with Crippen molar-refractivity contribution < 1.29 is 0 Å². The maximum atomic E-state index is 3.48. The maximum Gasteiger partial charge on any atom is 0.0175 e. The number of rotatable bonds is 4. The van der Waals surface area contributed by atoms with Crippen LogP contribution < -0.4 is 0 Å². The van der Waals surface area contributed by atoms with E-state index >= 15 is 0 Å². The van der Waals surface area contributed by atoms with E-state index in [-0.39, 0.29) is 0 Å². The van der Waals surface area contributed by atoms with Crippen molar-refractivity contribution in [2.75, 3.05) is 0 Å². The molecule has 28 heavy (non-hydrogen) atoms. The fourth-order valence-electron chi connectivity index (χ4n) is 3.05. The van der Waals surface area contributed by atoms with Crippen molar-refractivity contribution in [3.05, 3.63) is 117 Å². The average Bonchev–Trinajstić information content (AvgIpc) is 2.74. The Balaban J connectivity index is 1.46. The minimum atomic E-state index is 1.10. The van der Waals surface area contributed by atoms with Gasteiger partial charge in [0.2, 0.25) is 0 Å². The second-order valence-electron chi connectivity index (χ2n) is 6.59. The minimum absolute atomic E-state index is 1.10. The molecule has 0 aromatic heterocycles. The van der Waals surface area contributed by atoms with Crippen LogP contribution in [0.1, 0.15) is 11.1 Å². The summed E-state index contributed by atoms with van der Waals surface area (Å²) in [6.07, 6.45) is 4.31. The monoisotopic (exact) mass is 488 g/mol. The zero-order valence-electron chi connectivity index (χ0n) is 15.1. The Kier molecular flexibility index (Phi) is 5.90. The summed E-state index contributed by atoms with van der Waals surface area (Å²) in [5.41, 5.74) is 7.28. The van der Waals surface area contributed by atoms with Gasteiger partial charge in [0.05, 0.1) is 0 Å². The van der Waals surface area contributed by atoms with Crippen LogP contribution in [0.3, 0.4) is 0 Å². The molecule has 0 saturated heterocycles. The van der Waals surface area contributed by atoms with Crippen molar-refractivity contribution >= 4 is 44.0 Å². The zero-order valence-corrected chi connectivity index (χ0v) is 18.3. The molecule has 0 N–H and O–H groups in total. The van der Waals surface area contributed by atoms with Crippen LogP contribution in [0.25, 0.3) is 34.4 Å². The van der Waals surface area contributed by atoms with Crippen LogP contribution in [0.5, 0.6) is 0 Å². The summed E-state index contributed by atoms with van der Waals surface area (Å²) in [6, 6.07) is 34.1. The van der Waals surface area contributed by atoms with Gasteiger partial charge in [0.25, 0.3) is 0 Å². The summed E-state index contributed by atoms with van der Waals surface area (Å²) in [7, 11) is 0. The number of hydrogen-bond acceptors (Lipinski definition) is 0. The Morgan fingerprint density at radius 3 is 0.893 bits per heavy atom. The van der Waals surface area contributed by atoms with Gasteiger partial charge in [-0.1, -0.05) is 117 Å². The first-order chi connectivity index (χ1) is 13.7. The summed E-state index contributed by atoms with van der Waals surface area (Å²) in [6.45, 7) is 0. The Morgan fingerprint density at radius 2 is 0.607 bits per heavy atom. The lowest BCUT2D eigenvalue weighted by atomic mass is 10.0. The second-order valence-corrected chi connectivity index (χ2v) is 8.42. The average molecular weight is 490 g/mol. The smallest absolute Gasteiger partial charge is 0.0175 e. The summed E-state index contributed by atoms with van der Waals surface area (Å²) < 4.78 is 2.20. The van der Waals surface area contributed by atoms with Crippen LogP contribution >= 0.6 is 31.9 Å². The highest BCUT2D eigenvalue weighted by Crippen LogP contribution is 2.24. The first-order valence-electron chi connectivity index (χ1n) is 9.07. The van der Waals surface area contributed by atoms with E-state index in [0.29, 0.717) is 0 Å². The van der Waals surface area contributed by atoms with Crippen molar-refractivity contribution in [3.63, 3.8) is 0 Å². The summed E-state index contributed by atoms with van der Waals surface area (Å²) in [4.78, 5) is 0. The summed E-state index contributed by atoms with van der Waals surface area (Å²) in [5.74, 6) is 0. The van der Waals surface area contributed by atoms with E-state index in [0.717, 1.165) is 8.95 Å². The number of hydrogen-bond donors (Lipinski definition) is 0. The van der Waals surface area contributed by atoms with Crippen LogP contribution in [-0.4, -0.2) is 0 Å². The third-order valence-electron chi connectivity index (χ3n) is 4.64. The molecule has 2 heteroatoms. The Hall–Kier alpha value is -2.42. The highest BCUT2D eigenvalue weighted by Gasteiger charge is 1.99. The lowest BCUT2D eigenvalue weighted by Crippen LogP contribution is -1.80. The molecule has 0 nitrogen and oxygen atoms in total. The van der Waals surface area contributed by atoms with Crippen molar-refractivity contribution in [1.29, 1.82) is 0 Å². The number of benzene rings is 4. The minimum Gasteiger partial charge on any atom is -0.0544 e. The molecule has 4 aromatic rings. The largest absolute Gasteiger partial charge is 0.0544 e. The lowest BCUT2D eigenvalue weighted by Gasteiger charge is -2.04. The molecule has 0 aliphatic heterocycles. The van der Waals surface area contributed by atoms with Crippen molar-refractivity contribution in [2.24, 2.45) is 0 Å². The highest BCUT2D eigenvalue weighted by molar-refractivity contribution is 9.10. The van der Waals surface area contributed by atoms with Crippen molar-refractivity contribution in [1.82, 2.24) is 0 Å². The van der Waals surface area contributed by atoms with E-state index in [1.165, 1.54) is 33.4 Å². The molecule has 4 aromatic carbocycles. The molecular formula is C26H18Br2. The first kappa shape index (κ1) is 18.9. The van der Waals surface area contributed by atoms with Gasteiger partial charge in [0.1, 0.15) is 0 Å². The van der Waals surface area contributed by atoms with Crippen LogP contribution in [0.15, 0.2) is 106 Å². The maximum absolute atomic E-state index is 3.48. The lowest BCUT2D eigenvalue weighted by molar-refractivity contribution is 1.57. The molecule has 4 rings (SSSR count). The predicted octanol–water partition coefficient (Wildman–Crippen LogP) is 8.72. The fraction of sp³-hybridized carbons (Fsp3) is 0. The Labute approximate surface area is 182 Å². The van der Waals surface area contributed by atoms with Crippen LogP contribution in [-0.2, 0) is 0 Å². The first-order valence-corrected chi connectivity index (χ1v) is 10.7. The van der Waals surface area contributed by atoms with Crippen LogP contribution in [0.4, 0.5) is 0 Å². The van der Waals surface area contributed by atoms with Gasteiger partial charge in [-0.25, -0.2) is 0 Å². The molecule has 0 saturated carbocycles. The topological polar surface area (TPSA) is 0 Å². The molecule has 0 spiro atoms. The quantitative estimate of drug-likeness (QED) is 0.251. The van der Waals surface area contributed by atoms with Gasteiger partial charge >= 0.3 is 0 Å². The molecule has 0 amide bonds. The highest BCUT2D eigenvalue weighted by atomic mass is 79.9. The van der Waals surface area contributed by atoms with Gasteiger partial charge in [-0.15, -0.1) is 0 Å². The predicted molar refractivity (Wildman–Crippen MR) is 128 cm³/mol. The van der Waals surface area contributed by atoms with E-state index in [9.17, 15) is 0 Å². The molecule has 0 radical (unpaired) electrons. The van der Waals surface area contributed by atoms with Crippen LogP contribution in [0, 0.1) is 0 Å². The molecule has 0 unspecified atom stereocenters. The van der Waals surface area contributed by atoms with Gasteiger partial charge in [0, 0.05) is 8.95 Å². The van der Waals surface area contributed by atoms with Gasteiger partial charge in [-0.3, -0.25) is 0 Å². The summed E-state index contributed by atoms with van der Waals surface area (Å²) in [5, 5.41) is 0. The number of halogens is 2. The molecule has 0 atom stereocenters. The third-order valence-corrected chi connectivity index (χ3v) is 5.70. The van der Waals surface area contributed by atoms with E-state index in [4.69, 9.17) is 0 Å². The third kappa shape index (κ3) is 4.70.